The summed E-state index contributed by atoms with van der Waals surface area (Å²) >= 11 is 1.55. The van der Waals surface area contributed by atoms with Gasteiger partial charge in [-0.2, -0.15) is 0 Å². The fourth-order valence-electron chi connectivity index (χ4n) is 3.63. The highest BCUT2D eigenvalue weighted by molar-refractivity contribution is 7.99. The second-order valence-electron chi connectivity index (χ2n) is 6.88. The zero-order valence-electron chi connectivity index (χ0n) is 15.2. The van der Waals surface area contributed by atoms with Gasteiger partial charge in [0.25, 0.3) is 0 Å². The molecule has 0 aromatic heterocycles. The Bertz CT molecular complexity index is 916. The second-order valence-corrected chi connectivity index (χ2v) is 7.99. The summed E-state index contributed by atoms with van der Waals surface area (Å²) in [5, 5.41) is 2.86. The number of carbonyl (C=O) groups is 3. The van der Waals surface area contributed by atoms with Gasteiger partial charge in [-0.15, -0.1) is 0 Å². The van der Waals surface area contributed by atoms with E-state index in [4.69, 9.17) is 0 Å². The van der Waals surface area contributed by atoms with Crippen LogP contribution in [0.1, 0.15) is 12.8 Å². The summed E-state index contributed by atoms with van der Waals surface area (Å²) in [6, 6.07) is 17.4. The maximum absolute atomic E-state index is 12.6. The van der Waals surface area contributed by atoms with Crippen LogP contribution in [0.2, 0.25) is 0 Å². The van der Waals surface area contributed by atoms with E-state index in [1.54, 1.807) is 11.8 Å². The molecule has 0 unspecified atom stereocenters. The van der Waals surface area contributed by atoms with E-state index < -0.39 is 0 Å². The Labute approximate surface area is 167 Å². The normalized spacial score (nSPS) is 20.9. The van der Waals surface area contributed by atoms with Gasteiger partial charge in [-0.1, -0.05) is 54.2 Å². The van der Waals surface area contributed by atoms with Crippen molar-refractivity contribution in [1.29, 1.82) is 0 Å². The van der Waals surface area contributed by atoms with E-state index in [1.165, 1.54) is 0 Å². The monoisotopic (exact) mass is 392 g/mol. The lowest BCUT2D eigenvalue weighted by Crippen LogP contribution is -2.38. The van der Waals surface area contributed by atoms with Gasteiger partial charge in [0.15, 0.2) is 0 Å². The van der Waals surface area contributed by atoms with Crippen LogP contribution in [0.4, 0.5) is 5.69 Å². The molecule has 5 nitrogen and oxygen atoms in total. The van der Waals surface area contributed by atoms with Crippen LogP contribution in [0.3, 0.4) is 0 Å². The van der Waals surface area contributed by atoms with E-state index >= 15 is 0 Å². The van der Waals surface area contributed by atoms with Gasteiger partial charge < -0.3 is 5.32 Å². The van der Waals surface area contributed by atoms with E-state index in [0.717, 1.165) is 14.7 Å². The SMILES string of the molecule is O=C(CN1C(=O)[C@H]2CC=CC[C@H]2C1=O)Nc1ccccc1Sc1ccccc1. The van der Waals surface area contributed by atoms with Crippen molar-refractivity contribution in [3.8, 4) is 0 Å². The summed E-state index contributed by atoms with van der Waals surface area (Å²) < 4.78 is 0. The maximum atomic E-state index is 12.6. The summed E-state index contributed by atoms with van der Waals surface area (Å²) in [4.78, 5) is 40.7. The van der Waals surface area contributed by atoms with E-state index in [0.29, 0.717) is 18.5 Å². The van der Waals surface area contributed by atoms with Crippen molar-refractivity contribution in [3.63, 3.8) is 0 Å². The Morgan fingerprint density at radius 1 is 0.929 bits per heavy atom. The molecule has 28 heavy (non-hydrogen) atoms. The first-order chi connectivity index (χ1) is 13.6. The molecule has 4 rings (SSSR count). The number of imide groups is 1. The molecule has 0 bridgehead atoms. The molecule has 6 heteroatoms. The van der Waals surface area contributed by atoms with Crippen LogP contribution in [0.25, 0.3) is 0 Å². The number of likely N-dealkylation sites (tertiary alicyclic amines) is 1. The van der Waals surface area contributed by atoms with Crippen LogP contribution < -0.4 is 5.32 Å². The van der Waals surface area contributed by atoms with Crippen molar-refractivity contribution in [1.82, 2.24) is 4.90 Å². The summed E-state index contributed by atoms with van der Waals surface area (Å²) in [7, 11) is 0. The molecule has 2 aromatic rings. The molecule has 0 saturated carbocycles. The van der Waals surface area contributed by atoms with E-state index in [2.05, 4.69) is 5.32 Å². The molecular weight excluding hydrogens is 372 g/mol. The summed E-state index contributed by atoms with van der Waals surface area (Å²) in [6.45, 7) is -0.241. The minimum absolute atomic E-state index is 0.235. The topological polar surface area (TPSA) is 66.5 Å². The summed E-state index contributed by atoms with van der Waals surface area (Å²) in [5.41, 5.74) is 0.666. The fourth-order valence-corrected chi connectivity index (χ4v) is 4.56. The number of para-hydroxylation sites is 1. The first-order valence-electron chi connectivity index (χ1n) is 9.25. The molecule has 1 fully saturated rings. The summed E-state index contributed by atoms with van der Waals surface area (Å²) in [5.74, 6) is -1.46. The number of benzene rings is 2. The molecule has 1 heterocycles. The molecule has 0 spiro atoms. The quantitative estimate of drug-likeness (QED) is 0.622. The first-order valence-corrected chi connectivity index (χ1v) is 10.1. The Hall–Kier alpha value is -2.86. The van der Waals surface area contributed by atoms with Gasteiger partial charge in [0.1, 0.15) is 6.54 Å². The molecule has 2 atom stereocenters. The highest BCUT2D eigenvalue weighted by Crippen LogP contribution is 2.35. The number of nitrogens with zero attached hydrogens (tertiary/aromatic N) is 1. The van der Waals surface area contributed by atoms with Crippen LogP contribution in [0.15, 0.2) is 76.5 Å². The van der Waals surface area contributed by atoms with Gasteiger partial charge in [-0.25, -0.2) is 0 Å². The van der Waals surface area contributed by atoms with Crippen molar-refractivity contribution in [3.05, 3.63) is 66.7 Å². The van der Waals surface area contributed by atoms with Gasteiger partial charge in [0, 0.05) is 9.79 Å². The van der Waals surface area contributed by atoms with Gasteiger partial charge in [-0.3, -0.25) is 19.3 Å². The molecule has 2 aromatic carbocycles. The number of fused-ring (bicyclic) bond motifs is 1. The smallest absolute Gasteiger partial charge is 0.244 e. The third kappa shape index (κ3) is 3.73. The van der Waals surface area contributed by atoms with Crippen LogP contribution >= 0.6 is 11.8 Å². The average molecular weight is 392 g/mol. The Morgan fingerprint density at radius 2 is 1.54 bits per heavy atom. The third-order valence-electron chi connectivity index (χ3n) is 5.03. The average Bonchev–Trinajstić information content (AvgIpc) is 2.95. The maximum Gasteiger partial charge on any atom is 0.244 e. The number of hydrogen-bond donors (Lipinski definition) is 1. The number of carbonyl (C=O) groups excluding carboxylic acids is 3. The van der Waals surface area contributed by atoms with E-state index in [9.17, 15) is 14.4 Å². The molecule has 2 aliphatic rings. The molecule has 0 radical (unpaired) electrons. The van der Waals surface area contributed by atoms with Crippen molar-refractivity contribution >= 4 is 35.2 Å². The van der Waals surface area contributed by atoms with Crippen molar-refractivity contribution in [2.24, 2.45) is 11.8 Å². The Balaban J connectivity index is 1.45. The number of allylic oxidation sites excluding steroid dienone is 2. The van der Waals surface area contributed by atoms with Gasteiger partial charge in [-0.05, 0) is 37.1 Å². The van der Waals surface area contributed by atoms with E-state index in [1.807, 2.05) is 66.7 Å². The number of rotatable bonds is 5. The molecule has 1 aliphatic heterocycles. The van der Waals surface area contributed by atoms with Crippen molar-refractivity contribution in [2.75, 3.05) is 11.9 Å². The zero-order chi connectivity index (χ0) is 19.5. The minimum atomic E-state index is -0.366. The lowest BCUT2D eigenvalue weighted by atomic mass is 9.85. The van der Waals surface area contributed by atoms with Crippen LogP contribution in [-0.2, 0) is 14.4 Å². The number of nitrogens with one attached hydrogen (secondary N) is 1. The standard InChI is InChI=1S/C22H20N2O3S/c25-20(14-24-21(26)16-10-4-5-11-17(16)22(24)27)23-18-12-6-7-13-19(18)28-15-8-2-1-3-9-15/h1-9,12-13,16-17H,10-11,14H2,(H,23,25)/t16-,17+. The van der Waals surface area contributed by atoms with Gasteiger partial charge in [0.05, 0.1) is 17.5 Å². The number of anilines is 1. The largest absolute Gasteiger partial charge is 0.323 e. The molecule has 3 amide bonds. The lowest BCUT2D eigenvalue weighted by Gasteiger charge is -2.16. The molecule has 1 saturated heterocycles. The highest BCUT2D eigenvalue weighted by Gasteiger charge is 2.47. The first kappa shape index (κ1) is 18.5. The van der Waals surface area contributed by atoms with Crippen LogP contribution in [-0.4, -0.2) is 29.2 Å². The summed E-state index contributed by atoms with van der Waals surface area (Å²) in [6.07, 6.45) is 5.02. The molecule has 1 N–H and O–H groups in total. The zero-order valence-corrected chi connectivity index (χ0v) is 16.0. The molecular formula is C22H20N2O3S. The predicted molar refractivity (Wildman–Crippen MR) is 108 cm³/mol. The second kappa shape index (κ2) is 8.02. The van der Waals surface area contributed by atoms with Crippen LogP contribution in [0, 0.1) is 11.8 Å². The van der Waals surface area contributed by atoms with Gasteiger partial charge >= 0.3 is 0 Å². The Morgan fingerprint density at radius 3 is 2.21 bits per heavy atom. The van der Waals surface area contributed by atoms with E-state index in [-0.39, 0.29) is 36.1 Å². The lowest BCUT2D eigenvalue weighted by molar-refractivity contribution is -0.142. The minimum Gasteiger partial charge on any atom is -0.323 e. The van der Waals surface area contributed by atoms with Crippen molar-refractivity contribution in [2.45, 2.75) is 22.6 Å². The molecule has 142 valence electrons. The fraction of sp³-hybridized carbons (Fsp3) is 0.227. The number of hydrogen-bond acceptors (Lipinski definition) is 4. The van der Waals surface area contributed by atoms with Crippen LogP contribution in [0.5, 0.6) is 0 Å². The van der Waals surface area contributed by atoms with Crippen molar-refractivity contribution < 1.29 is 14.4 Å². The molecule has 1 aliphatic carbocycles. The highest BCUT2D eigenvalue weighted by atomic mass is 32.2. The number of amides is 3. The third-order valence-corrected chi connectivity index (χ3v) is 6.12. The van der Waals surface area contributed by atoms with Gasteiger partial charge in [0.2, 0.25) is 17.7 Å². The Kier molecular flexibility index (Phi) is 5.30. The predicted octanol–water partition coefficient (Wildman–Crippen LogP) is 3.73.